The number of hydrogen-bond acceptors (Lipinski definition) is 3. The Bertz CT molecular complexity index is 157. The van der Waals surface area contributed by atoms with E-state index in [1.165, 1.54) is 0 Å². The molecule has 0 unspecified atom stereocenters. The van der Waals surface area contributed by atoms with Gasteiger partial charge in [-0.05, 0) is 13.0 Å². The second kappa shape index (κ2) is 4.27. The second-order valence-electron chi connectivity index (χ2n) is 2.88. The maximum atomic E-state index is 10.5. The molecule has 0 spiro atoms. The van der Waals surface area contributed by atoms with E-state index in [1.54, 1.807) is 4.90 Å². The van der Waals surface area contributed by atoms with Gasteiger partial charge >= 0.3 is 6.03 Å². The fourth-order valence-corrected chi connectivity index (χ4v) is 1.06. The molecule has 0 aromatic rings. The van der Waals surface area contributed by atoms with Gasteiger partial charge in [0.15, 0.2) is 0 Å². The highest BCUT2D eigenvalue weighted by atomic mass is 16.5. The van der Waals surface area contributed by atoms with Crippen LogP contribution in [0.5, 0.6) is 0 Å². The molecule has 1 fully saturated rings. The molecule has 0 bridgehead atoms. The Labute approximate surface area is 71.6 Å². The molecule has 5 heteroatoms. The van der Waals surface area contributed by atoms with E-state index in [0.717, 1.165) is 6.42 Å². The third kappa shape index (κ3) is 2.35. The van der Waals surface area contributed by atoms with Crippen molar-refractivity contribution in [1.29, 1.82) is 0 Å². The van der Waals surface area contributed by atoms with Gasteiger partial charge in [-0.2, -0.15) is 0 Å². The van der Waals surface area contributed by atoms with Crippen LogP contribution in [0.15, 0.2) is 0 Å². The summed E-state index contributed by atoms with van der Waals surface area (Å²) in [6.45, 7) is 2.57. The van der Waals surface area contributed by atoms with Crippen LogP contribution in [0, 0.1) is 0 Å². The molecule has 0 aromatic heterocycles. The number of ether oxygens (including phenoxy) is 1. The summed E-state index contributed by atoms with van der Waals surface area (Å²) in [5.74, 6) is 0. The van der Waals surface area contributed by atoms with Crippen molar-refractivity contribution in [2.75, 3.05) is 26.2 Å². The van der Waals surface area contributed by atoms with Crippen LogP contribution in [-0.4, -0.2) is 43.3 Å². The third-order valence-electron chi connectivity index (χ3n) is 1.86. The first-order chi connectivity index (χ1) is 5.74. The number of nitrogens with zero attached hydrogens (tertiary/aromatic N) is 1. The highest BCUT2D eigenvalue weighted by Gasteiger charge is 2.29. The summed E-state index contributed by atoms with van der Waals surface area (Å²) in [5, 5.41) is 0. The van der Waals surface area contributed by atoms with Crippen molar-refractivity contribution in [3.05, 3.63) is 0 Å². The summed E-state index contributed by atoms with van der Waals surface area (Å²) < 4.78 is 5.37. The van der Waals surface area contributed by atoms with E-state index in [4.69, 9.17) is 16.2 Å². The number of urea groups is 1. The monoisotopic (exact) mass is 173 g/mol. The van der Waals surface area contributed by atoms with E-state index in [9.17, 15) is 4.79 Å². The molecule has 0 aliphatic carbocycles. The molecule has 0 saturated carbocycles. The highest BCUT2D eigenvalue weighted by molar-refractivity contribution is 5.73. The molecule has 70 valence electrons. The molecule has 0 aromatic carbocycles. The summed E-state index contributed by atoms with van der Waals surface area (Å²) in [6, 6.07) is -0.367. The van der Waals surface area contributed by atoms with Crippen molar-refractivity contribution in [2.45, 2.75) is 12.5 Å². The first-order valence-corrected chi connectivity index (χ1v) is 4.10. The summed E-state index contributed by atoms with van der Waals surface area (Å²) in [6.07, 6.45) is 1.04. The van der Waals surface area contributed by atoms with Gasteiger partial charge in [0.05, 0.1) is 19.2 Å². The standard InChI is InChI=1S/C7H15N3O2/c8-2-1-3-12-6-4-10(5-6)7(9)11/h6H,1-5,8H2,(H2,9,11). The Balaban J connectivity index is 1.98. The number of amides is 2. The molecule has 1 saturated heterocycles. The van der Waals surface area contributed by atoms with Crippen LogP contribution >= 0.6 is 0 Å². The van der Waals surface area contributed by atoms with Crippen LogP contribution < -0.4 is 11.5 Å². The fourth-order valence-electron chi connectivity index (χ4n) is 1.06. The molecule has 12 heavy (non-hydrogen) atoms. The minimum Gasteiger partial charge on any atom is -0.374 e. The summed E-state index contributed by atoms with van der Waals surface area (Å²) in [7, 11) is 0. The van der Waals surface area contributed by atoms with Gasteiger partial charge in [0.1, 0.15) is 0 Å². The van der Waals surface area contributed by atoms with Gasteiger partial charge in [0, 0.05) is 6.61 Å². The van der Waals surface area contributed by atoms with Crippen molar-refractivity contribution in [2.24, 2.45) is 11.5 Å². The number of carbonyl (C=O) groups is 1. The highest BCUT2D eigenvalue weighted by Crippen LogP contribution is 2.10. The van der Waals surface area contributed by atoms with Crippen molar-refractivity contribution in [1.82, 2.24) is 4.90 Å². The lowest BCUT2D eigenvalue weighted by Crippen LogP contribution is -2.56. The molecule has 1 heterocycles. The third-order valence-corrected chi connectivity index (χ3v) is 1.86. The number of likely N-dealkylation sites (tertiary alicyclic amines) is 1. The van der Waals surface area contributed by atoms with Gasteiger partial charge in [-0.1, -0.05) is 0 Å². The summed E-state index contributed by atoms with van der Waals surface area (Å²) in [4.78, 5) is 12.1. The van der Waals surface area contributed by atoms with Gasteiger partial charge in [0.25, 0.3) is 0 Å². The molecule has 1 rings (SSSR count). The predicted molar refractivity (Wildman–Crippen MR) is 44.6 cm³/mol. The van der Waals surface area contributed by atoms with Crippen molar-refractivity contribution < 1.29 is 9.53 Å². The Morgan fingerprint density at radius 1 is 1.58 bits per heavy atom. The van der Waals surface area contributed by atoms with Crippen LogP contribution in [0.4, 0.5) is 4.79 Å². The van der Waals surface area contributed by atoms with Crippen LogP contribution in [0.25, 0.3) is 0 Å². The largest absolute Gasteiger partial charge is 0.374 e. The van der Waals surface area contributed by atoms with E-state index in [1.807, 2.05) is 0 Å². The first kappa shape index (κ1) is 9.28. The van der Waals surface area contributed by atoms with Gasteiger partial charge in [-0.3, -0.25) is 0 Å². The maximum Gasteiger partial charge on any atom is 0.314 e. The first-order valence-electron chi connectivity index (χ1n) is 4.10. The smallest absolute Gasteiger partial charge is 0.314 e. The molecule has 5 nitrogen and oxygen atoms in total. The summed E-state index contributed by atoms with van der Waals surface area (Å²) in [5.41, 5.74) is 10.3. The van der Waals surface area contributed by atoms with Gasteiger partial charge < -0.3 is 21.1 Å². The molecular formula is C7H15N3O2. The Kier molecular flexibility index (Phi) is 3.31. The molecule has 0 radical (unpaired) electrons. The van der Waals surface area contributed by atoms with Gasteiger partial charge in [-0.25, -0.2) is 4.79 Å². The molecule has 0 atom stereocenters. The number of carbonyl (C=O) groups excluding carboxylic acids is 1. The zero-order chi connectivity index (χ0) is 8.97. The molecule has 1 aliphatic rings. The van der Waals surface area contributed by atoms with Crippen LogP contribution in [0.1, 0.15) is 6.42 Å². The number of rotatable bonds is 4. The SMILES string of the molecule is NCCCOC1CN(C(N)=O)C1. The number of hydrogen-bond donors (Lipinski definition) is 2. The Hall–Kier alpha value is -0.810. The van der Waals surface area contributed by atoms with Crippen molar-refractivity contribution >= 4 is 6.03 Å². The van der Waals surface area contributed by atoms with E-state index in [2.05, 4.69) is 0 Å². The zero-order valence-electron chi connectivity index (χ0n) is 7.03. The minimum atomic E-state index is -0.367. The molecule has 4 N–H and O–H groups in total. The van der Waals surface area contributed by atoms with Crippen LogP contribution in [0.3, 0.4) is 0 Å². The van der Waals surface area contributed by atoms with Gasteiger partial charge in [0.2, 0.25) is 0 Å². The maximum absolute atomic E-state index is 10.5. The quantitative estimate of drug-likeness (QED) is 0.541. The normalized spacial score (nSPS) is 17.6. The lowest BCUT2D eigenvalue weighted by Gasteiger charge is -2.37. The van der Waals surface area contributed by atoms with Crippen molar-refractivity contribution in [3.8, 4) is 0 Å². The predicted octanol–water partition coefficient (Wildman–Crippen LogP) is -0.885. The van der Waals surface area contributed by atoms with Crippen molar-refractivity contribution in [3.63, 3.8) is 0 Å². The second-order valence-corrected chi connectivity index (χ2v) is 2.88. The number of primary amides is 1. The average Bonchev–Trinajstić information content (AvgIpc) is 1.93. The fraction of sp³-hybridized carbons (Fsp3) is 0.857. The molecule has 2 amide bonds. The Morgan fingerprint density at radius 3 is 2.75 bits per heavy atom. The average molecular weight is 173 g/mol. The molecular weight excluding hydrogens is 158 g/mol. The topological polar surface area (TPSA) is 81.6 Å². The minimum absolute atomic E-state index is 0.170. The molecule has 1 aliphatic heterocycles. The van der Waals surface area contributed by atoms with Crippen LogP contribution in [0.2, 0.25) is 0 Å². The number of nitrogens with two attached hydrogens (primary N) is 2. The summed E-state index contributed by atoms with van der Waals surface area (Å²) >= 11 is 0. The van der Waals surface area contributed by atoms with E-state index >= 15 is 0 Å². The lowest BCUT2D eigenvalue weighted by atomic mass is 10.2. The lowest BCUT2D eigenvalue weighted by molar-refractivity contribution is -0.0340. The van der Waals surface area contributed by atoms with Gasteiger partial charge in [-0.15, -0.1) is 0 Å². The van der Waals surface area contributed by atoms with Crippen LogP contribution in [-0.2, 0) is 4.74 Å². The van der Waals surface area contributed by atoms with E-state index in [0.29, 0.717) is 26.2 Å². The van der Waals surface area contributed by atoms with E-state index in [-0.39, 0.29) is 12.1 Å². The van der Waals surface area contributed by atoms with E-state index < -0.39 is 0 Å². The Morgan fingerprint density at radius 2 is 2.25 bits per heavy atom. The zero-order valence-corrected chi connectivity index (χ0v) is 7.03.